The molecule has 0 aliphatic rings. The molecule has 0 aromatic rings. The number of hydrogen-bond donors (Lipinski definition) is 2. The van der Waals surface area contributed by atoms with Crippen molar-refractivity contribution in [1.29, 1.82) is 0 Å². The van der Waals surface area contributed by atoms with Crippen LogP contribution in [0.5, 0.6) is 0 Å². The van der Waals surface area contributed by atoms with E-state index in [1.165, 1.54) is 32.1 Å². The van der Waals surface area contributed by atoms with Gasteiger partial charge in [-0.2, -0.15) is 0 Å². The second-order valence-electron chi connectivity index (χ2n) is 3.62. The summed E-state index contributed by atoms with van der Waals surface area (Å²) in [5, 5.41) is 7.57. The van der Waals surface area contributed by atoms with E-state index in [0.717, 1.165) is 0 Å². The van der Waals surface area contributed by atoms with Crippen LogP contribution in [0.15, 0.2) is 0 Å². The first-order valence-corrected chi connectivity index (χ1v) is 5.93. The molecule has 14 heavy (non-hydrogen) atoms. The second-order valence-corrected chi connectivity index (χ2v) is 3.62. The van der Waals surface area contributed by atoms with Crippen LogP contribution in [0.2, 0.25) is 0 Å². The molecule has 0 fully saturated rings. The molecule has 0 saturated heterocycles. The number of hydrogen-bond acceptors (Lipinski definition) is 2. The lowest BCUT2D eigenvalue weighted by Gasteiger charge is -1.90. The average Bonchev–Trinajstić information content (AvgIpc) is 2.06. The Bertz CT molecular complexity index is 58.6. The van der Waals surface area contributed by atoms with E-state index in [0.29, 0.717) is 6.04 Å². The van der Waals surface area contributed by atoms with Crippen molar-refractivity contribution >= 4 is 0 Å². The molecule has 0 aliphatic heterocycles. The van der Waals surface area contributed by atoms with Crippen LogP contribution >= 0.6 is 0 Å². The Morgan fingerprint density at radius 1 is 0.929 bits per heavy atom. The van der Waals surface area contributed by atoms with Crippen molar-refractivity contribution in [3.63, 3.8) is 0 Å². The van der Waals surface area contributed by atoms with Crippen LogP contribution in [0.3, 0.4) is 0 Å². The third-order valence-electron chi connectivity index (χ3n) is 1.21. The molecule has 0 amide bonds. The molecule has 0 aliphatic carbocycles. The molecule has 0 atom stereocenters. The van der Waals surface area contributed by atoms with Crippen molar-refractivity contribution in [2.24, 2.45) is 5.73 Å². The van der Waals surface area contributed by atoms with Gasteiger partial charge in [0.15, 0.2) is 0 Å². The van der Waals surface area contributed by atoms with E-state index >= 15 is 0 Å². The van der Waals surface area contributed by atoms with Gasteiger partial charge in [-0.3, -0.25) is 0 Å². The SMILES string of the molecule is CC(C)N.CCCCCCC.CCO. The van der Waals surface area contributed by atoms with Crippen molar-refractivity contribution in [2.45, 2.75) is 72.8 Å². The van der Waals surface area contributed by atoms with Gasteiger partial charge < -0.3 is 10.8 Å². The Morgan fingerprint density at radius 2 is 1.14 bits per heavy atom. The number of aliphatic hydroxyl groups is 1. The highest BCUT2D eigenvalue weighted by atomic mass is 16.2. The fraction of sp³-hybridized carbons (Fsp3) is 1.00. The standard InChI is InChI=1S/C7H16.C3H9N.C2H6O/c1-3-5-7-6-4-2;1-3(2)4;1-2-3/h3-7H2,1-2H3;3H,4H2,1-2H3;3H,2H2,1H3. The molecule has 2 heteroatoms. The first-order valence-electron chi connectivity index (χ1n) is 5.93. The van der Waals surface area contributed by atoms with E-state index in [1.807, 2.05) is 13.8 Å². The molecule has 2 nitrogen and oxygen atoms in total. The zero-order valence-electron chi connectivity index (χ0n) is 10.8. The lowest BCUT2D eigenvalue weighted by molar-refractivity contribution is 0.318. The third kappa shape index (κ3) is 92.5. The lowest BCUT2D eigenvalue weighted by Crippen LogP contribution is -2.06. The average molecular weight is 205 g/mol. The van der Waals surface area contributed by atoms with E-state index < -0.39 is 0 Å². The monoisotopic (exact) mass is 205 g/mol. The van der Waals surface area contributed by atoms with Crippen LogP contribution < -0.4 is 5.73 Å². The molecule has 0 heterocycles. The molecule has 0 unspecified atom stereocenters. The van der Waals surface area contributed by atoms with Crippen LogP contribution in [0, 0.1) is 0 Å². The van der Waals surface area contributed by atoms with Gasteiger partial charge >= 0.3 is 0 Å². The first kappa shape index (κ1) is 19.5. The van der Waals surface area contributed by atoms with E-state index in [2.05, 4.69) is 13.8 Å². The van der Waals surface area contributed by atoms with Gasteiger partial charge in [-0.05, 0) is 13.0 Å². The summed E-state index contributed by atoms with van der Waals surface area (Å²) in [4.78, 5) is 0. The second kappa shape index (κ2) is 23.1. The van der Waals surface area contributed by atoms with Gasteiger partial charge in [0.2, 0.25) is 0 Å². The maximum Gasteiger partial charge on any atom is 0.0402 e. The Morgan fingerprint density at radius 3 is 1.29 bits per heavy atom. The number of unbranched alkanes of at least 4 members (excludes halogenated alkanes) is 4. The molecule has 0 radical (unpaired) electrons. The topological polar surface area (TPSA) is 46.2 Å². The quantitative estimate of drug-likeness (QED) is 0.692. The molecule has 0 aromatic carbocycles. The Hall–Kier alpha value is -0.0800. The molecule has 3 N–H and O–H groups in total. The number of nitrogens with two attached hydrogens (primary N) is 1. The fourth-order valence-electron chi connectivity index (χ4n) is 0.677. The van der Waals surface area contributed by atoms with Gasteiger partial charge in [0.25, 0.3) is 0 Å². The summed E-state index contributed by atoms with van der Waals surface area (Å²) >= 11 is 0. The minimum atomic E-state index is 0.250. The smallest absolute Gasteiger partial charge is 0.0402 e. The molecule has 0 spiro atoms. The zero-order valence-corrected chi connectivity index (χ0v) is 10.8. The van der Waals surface area contributed by atoms with E-state index in [4.69, 9.17) is 10.8 Å². The molecular formula is C12H31NO. The Kier molecular flexibility index (Phi) is 32.1. The summed E-state index contributed by atoms with van der Waals surface area (Å²) in [6, 6.07) is 0.333. The lowest BCUT2D eigenvalue weighted by atomic mass is 10.2. The van der Waals surface area contributed by atoms with Gasteiger partial charge in [0.05, 0.1) is 0 Å². The fourth-order valence-corrected chi connectivity index (χ4v) is 0.677. The van der Waals surface area contributed by atoms with Crippen LogP contribution in [-0.4, -0.2) is 17.8 Å². The van der Waals surface area contributed by atoms with Crippen LogP contribution in [-0.2, 0) is 0 Å². The van der Waals surface area contributed by atoms with Gasteiger partial charge in [0.1, 0.15) is 0 Å². The summed E-state index contributed by atoms with van der Waals surface area (Å²) in [6.45, 7) is 10.3. The Labute approximate surface area is 90.9 Å². The molecule has 0 rings (SSSR count). The summed E-state index contributed by atoms with van der Waals surface area (Å²) < 4.78 is 0. The summed E-state index contributed by atoms with van der Waals surface area (Å²) in [5.74, 6) is 0. The minimum Gasteiger partial charge on any atom is -0.397 e. The number of rotatable bonds is 4. The highest BCUT2D eigenvalue weighted by Crippen LogP contribution is 2.00. The highest BCUT2D eigenvalue weighted by molar-refractivity contribution is 4.35. The van der Waals surface area contributed by atoms with Crippen LogP contribution in [0.25, 0.3) is 0 Å². The van der Waals surface area contributed by atoms with Gasteiger partial charge in [-0.15, -0.1) is 0 Å². The Balaban J connectivity index is -0.000000147. The van der Waals surface area contributed by atoms with Crippen molar-refractivity contribution in [1.82, 2.24) is 0 Å². The van der Waals surface area contributed by atoms with Crippen LogP contribution in [0.1, 0.15) is 66.7 Å². The van der Waals surface area contributed by atoms with E-state index in [9.17, 15) is 0 Å². The zero-order chi connectivity index (χ0) is 11.8. The molecule has 0 bridgehead atoms. The minimum absolute atomic E-state index is 0.250. The maximum absolute atomic E-state index is 7.57. The summed E-state index contributed by atoms with van der Waals surface area (Å²) in [6.07, 6.45) is 7.01. The predicted molar refractivity (Wildman–Crippen MR) is 66.5 cm³/mol. The van der Waals surface area contributed by atoms with Gasteiger partial charge in [-0.1, -0.05) is 59.8 Å². The van der Waals surface area contributed by atoms with Crippen molar-refractivity contribution in [3.05, 3.63) is 0 Å². The molecule has 0 aromatic heterocycles. The van der Waals surface area contributed by atoms with E-state index in [-0.39, 0.29) is 6.61 Å². The van der Waals surface area contributed by atoms with Gasteiger partial charge in [-0.25, -0.2) is 0 Å². The molecular weight excluding hydrogens is 174 g/mol. The molecule has 0 saturated carbocycles. The maximum atomic E-state index is 7.57. The normalized spacial score (nSPS) is 8.57. The van der Waals surface area contributed by atoms with Crippen LogP contribution in [0.4, 0.5) is 0 Å². The largest absolute Gasteiger partial charge is 0.397 e. The third-order valence-corrected chi connectivity index (χ3v) is 1.21. The van der Waals surface area contributed by atoms with Crippen molar-refractivity contribution < 1.29 is 5.11 Å². The summed E-state index contributed by atoms with van der Waals surface area (Å²) in [7, 11) is 0. The molecule has 90 valence electrons. The van der Waals surface area contributed by atoms with Crippen molar-refractivity contribution in [2.75, 3.05) is 6.61 Å². The van der Waals surface area contributed by atoms with E-state index in [1.54, 1.807) is 6.92 Å². The van der Waals surface area contributed by atoms with Crippen molar-refractivity contribution in [3.8, 4) is 0 Å². The predicted octanol–water partition coefficient (Wildman–Crippen LogP) is 3.33. The number of aliphatic hydroxyl groups excluding tert-OH is 1. The van der Waals surface area contributed by atoms with Gasteiger partial charge in [0, 0.05) is 6.61 Å². The first-order chi connectivity index (χ1) is 6.56. The highest BCUT2D eigenvalue weighted by Gasteiger charge is 1.80. The summed E-state index contributed by atoms with van der Waals surface area (Å²) in [5.41, 5.74) is 5.11.